The molecule has 1 aromatic carbocycles. The first-order valence-corrected chi connectivity index (χ1v) is 7.99. The third kappa shape index (κ3) is 3.51. The summed E-state index contributed by atoms with van der Waals surface area (Å²) >= 11 is 6.92. The first kappa shape index (κ1) is 15.7. The zero-order valence-electron chi connectivity index (χ0n) is 11.9. The van der Waals surface area contributed by atoms with Crippen molar-refractivity contribution in [1.82, 2.24) is 4.98 Å². The standard InChI is InChI=1S/C14H16ClN3O2S/c1-3-18(4-2)14-17-13(20)10-7-9(16-12(19)8-15)5-6-11(10)21-14/h5-7H,3-4,8H2,1-2H3,(H,16,19). The van der Waals surface area contributed by atoms with Crippen LogP contribution in [-0.2, 0) is 4.79 Å². The van der Waals surface area contributed by atoms with Gasteiger partial charge in [0.2, 0.25) is 5.91 Å². The lowest BCUT2D eigenvalue weighted by molar-refractivity contribution is -0.113. The van der Waals surface area contributed by atoms with Crippen molar-refractivity contribution in [2.24, 2.45) is 0 Å². The monoisotopic (exact) mass is 325 g/mol. The first-order chi connectivity index (χ1) is 10.1. The van der Waals surface area contributed by atoms with Gasteiger partial charge in [0.05, 0.1) is 5.39 Å². The van der Waals surface area contributed by atoms with Gasteiger partial charge in [-0.1, -0.05) is 11.3 Å². The van der Waals surface area contributed by atoms with E-state index in [9.17, 15) is 9.59 Å². The molecule has 2 rings (SSSR count). The van der Waals surface area contributed by atoms with Gasteiger partial charge < -0.3 is 10.2 Å². The van der Waals surface area contributed by atoms with Crippen molar-refractivity contribution in [3.8, 4) is 0 Å². The number of rotatable bonds is 5. The Hall–Kier alpha value is -1.66. The van der Waals surface area contributed by atoms with Gasteiger partial charge in [0.25, 0.3) is 5.56 Å². The molecule has 112 valence electrons. The van der Waals surface area contributed by atoms with Crippen LogP contribution in [0.4, 0.5) is 10.8 Å². The number of hydrogen-bond donors (Lipinski definition) is 1. The Morgan fingerprint density at radius 3 is 2.71 bits per heavy atom. The highest BCUT2D eigenvalue weighted by Crippen LogP contribution is 2.25. The molecule has 5 nitrogen and oxygen atoms in total. The molecule has 1 N–H and O–H groups in total. The van der Waals surface area contributed by atoms with Crippen molar-refractivity contribution in [3.63, 3.8) is 0 Å². The van der Waals surface area contributed by atoms with Crippen LogP contribution in [0, 0.1) is 0 Å². The summed E-state index contributed by atoms with van der Waals surface area (Å²) in [6.07, 6.45) is 0. The zero-order valence-corrected chi connectivity index (χ0v) is 13.4. The summed E-state index contributed by atoms with van der Waals surface area (Å²) in [7, 11) is 0. The third-order valence-corrected chi connectivity index (χ3v) is 4.40. The molecule has 0 spiro atoms. The molecule has 0 bridgehead atoms. The van der Waals surface area contributed by atoms with E-state index in [1.807, 2.05) is 24.8 Å². The van der Waals surface area contributed by atoms with E-state index in [2.05, 4.69) is 10.3 Å². The smallest absolute Gasteiger partial charge is 0.281 e. The SMILES string of the molecule is CCN(CC)c1nc(=O)c2cc(NC(=O)CCl)ccc2s1. The largest absolute Gasteiger partial charge is 0.349 e. The van der Waals surface area contributed by atoms with Crippen LogP contribution in [-0.4, -0.2) is 29.9 Å². The number of aromatic nitrogens is 1. The molecule has 0 fully saturated rings. The van der Waals surface area contributed by atoms with Gasteiger partial charge in [0, 0.05) is 23.5 Å². The Morgan fingerprint density at radius 2 is 2.10 bits per heavy atom. The number of nitrogens with zero attached hydrogens (tertiary/aromatic N) is 2. The lowest BCUT2D eigenvalue weighted by Gasteiger charge is -2.18. The Balaban J connectivity index is 2.46. The number of benzene rings is 1. The summed E-state index contributed by atoms with van der Waals surface area (Å²) < 4.78 is 0.848. The predicted octanol–water partition coefficient (Wildman–Crippen LogP) is 2.68. The van der Waals surface area contributed by atoms with E-state index in [4.69, 9.17) is 11.6 Å². The van der Waals surface area contributed by atoms with Crippen molar-refractivity contribution in [2.45, 2.75) is 13.8 Å². The normalized spacial score (nSPS) is 10.6. The molecule has 1 aromatic heterocycles. The number of carbonyl (C=O) groups excluding carboxylic acids is 1. The fourth-order valence-electron chi connectivity index (χ4n) is 1.96. The molecule has 0 aliphatic carbocycles. The number of alkyl halides is 1. The Morgan fingerprint density at radius 1 is 1.38 bits per heavy atom. The molecule has 0 aliphatic rings. The number of fused-ring (bicyclic) bond motifs is 1. The molecule has 1 heterocycles. The summed E-state index contributed by atoms with van der Waals surface area (Å²) in [6, 6.07) is 5.21. The minimum Gasteiger partial charge on any atom is -0.349 e. The fraction of sp³-hybridized carbons (Fsp3) is 0.357. The maximum absolute atomic E-state index is 12.2. The lowest BCUT2D eigenvalue weighted by Crippen LogP contribution is -2.24. The van der Waals surface area contributed by atoms with Crippen LogP contribution in [0.2, 0.25) is 0 Å². The summed E-state index contributed by atoms with van der Waals surface area (Å²) in [6.45, 7) is 5.65. The molecule has 0 unspecified atom stereocenters. The van der Waals surface area contributed by atoms with Crippen molar-refractivity contribution in [1.29, 1.82) is 0 Å². The molecular weight excluding hydrogens is 310 g/mol. The van der Waals surface area contributed by atoms with Crippen LogP contribution in [0.5, 0.6) is 0 Å². The highest BCUT2D eigenvalue weighted by molar-refractivity contribution is 7.21. The highest BCUT2D eigenvalue weighted by atomic mass is 35.5. The van der Waals surface area contributed by atoms with Crippen LogP contribution in [0.15, 0.2) is 23.0 Å². The summed E-state index contributed by atoms with van der Waals surface area (Å²) in [4.78, 5) is 29.6. The fourth-order valence-corrected chi connectivity index (χ4v) is 3.13. The van der Waals surface area contributed by atoms with E-state index in [1.165, 1.54) is 11.3 Å². The number of hydrogen-bond acceptors (Lipinski definition) is 5. The van der Waals surface area contributed by atoms with E-state index < -0.39 is 0 Å². The second-order valence-corrected chi connectivity index (χ2v) is 5.64. The average Bonchev–Trinajstić information content (AvgIpc) is 2.49. The molecule has 2 aromatic rings. The van der Waals surface area contributed by atoms with E-state index in [1.54, 1.807) is 12.1 Å². The number of amides is 1. The minimum absolute atomic E-state index is 0.121. The number of anilines is 2. The molecule has 1 amide bonds. The second-order valence-electron chi connectivity index (χ2n) is 4.37. The summed E-state index contributed by atoms with van der Waals surface area (Å²) in [5.41, 5.74) is 0.266. The van der Waals surface area contributed by atoms with Crippen LogP contribution in [0.1, 0.15) is 13.8 Å². The van der Waals surface area contributed by atoms with E-state index in [0.29, 0.717) is 11.1 Å². The van der Waals surface area contributed by atoms with Crippen LogP contribution >= 0.6 is 22.9 Å². The molecule has 0 saturated carbocycles. The van der Waals surface area contributed by atoms with Gasteiger partial charge in [-0.05, 0) is 32.0 Å². The van der Waals surface area contributed by atoms with Gasteiger partial charge in [0.1, 0.15) is 5.88 Å². The molecule has 0 radical (unpaired) electrons. The third-order valence-electron chi connectivity index (χ3n) is 3.05. The van der Waals surface area contributed by atoms with Crippen molar-refractivity contribution >= 4 is 49.7 Å². The first-order valence-electron chi connectivity index (χ1n) is 6.64. The lowest BCUT2D eigenvalue weighted by atomic mass is 10.2. The van der Waals surface area contributed by atoms with Crippen molar-refractivity contribution in [2.75, 3.05) is 29.2 Å². The topological polar surface area (TPSA) is 62.3 Å². The number of carbonyl (C=O) groups is 1. The molecular formula is C14H16ClN3O2S. The molecule has 0 saturated heterocycles. The van der Waals surface area contributed by atoms with Crippen molar-refractivity contribution in [3.05, 3.63) is 28.6 Å². The Labute approximate surface area is 131 Å². The van der Waals surface area contributed by atoms with Crippen molar-refractivity contribution < 1.29 is 4.79 Å². The van der Waals surface area contributed by atoms with Gasteiger partial charge in [-0.3, -0.25) is 9.59 Å². The number of nitrogens with one attached hydrogen (secondary N) is 1. The van der Waals surface area contributed by atoms with Gasteiger partial charge >= 0.3 is 0 Å². The maximum Gasteiger partial charge on any atom is 0.281 e. The van der Waals surface area contributed by atoms with Gasteiger partial charge in [-0.15, -0.1) is 11.6 Å². The Bertz CT molecular complexity index is 713. The summed E-state index contributed by atoms with van der Waals surface area (Å²) in [5.74, 6) is -0.427. The average molecular weight is 326 g/mol. The molecule has 0 atom stereocenters. The zero-order chi connectivity index (χ0) is 15.4. The predicted molar refractivity (Wildman–Crippen MR) is 88.8 cm³/mol. The summed E-state index contributed by atoms with van der Waals surface area (Å²) in [5, 5.41) is 3.85. The van der Waals surface area contributed by atoms with Crippen LogP contribution in [0.3, 0.4) is 0 Å². The van der Waals surface area contributed by atoms with E-state index in [0.717, 1.165) is 22.9 Å². The quantitative estimate of drug-likeness (QED) is 0.859. The maximum atomic E-state index is 12.2. The van der Waals surface area contributed by atoms with Crippen LogP contribution in [0.25, 0.3) is 10.1 Å². The molecule has 21 heavy (non-hydrogen) atoms. The molecule has 7 heteroatoms. The van der Waals surface area contributed by atoms with Gasteiger partial charge in [0.15, 0.2) is 5.13 Å². The minimum atomic E-state index is -0.306. The van der Waals surface area contributed by atoms with Crippen LogP contribution < -0.4 is 15.8 Å². The highest BCUT2D eigenvalue weighted by Gasteiger charge is 2.10. The Kier molecular flexibility index (Phi) is 5.14. The number of halogens is 1. The van der Waals surface area contributed by atoms with E-state index >= 15 is 0 Å². The van der Waals surface area contributed by atoms with E-state index in [-0.39, 0.29) is 17.3 Å². The molecule has 0 aliphatic heterocycles. The van der Waals surface area contributed by atoms with Gasteiger partial charge in [-0.2, -0.15) is 4.98 Å². The second kappa shape index (κ2) is 6.87. The van der Waals surface area contributed by atoms with Gasteiger partial charge in [-0.25, -0.2) is 0 Å².